The Hall–Kier alpha value is -1.02. The van der Waals surface area contributed by atoms with E-state index >= 15 is 0 Å². The highest BCUT2D eigenvalue weighted by Gasteiger charge is 2.25. The first-order valence-corrected chi connectivity index (χ1v) is 9.51. The van der Waals surface area contributed by atoms with Gasteiger partial charge in [0.2, 0.25) is 10.0 Å². The van der Waals surface area contributed by atoms with Crippen LogP contribution in [0.15, 0.2) is 12.1 Å². The Morgan fingerprint density at radius 3 is 2.48 bits per heavy atom. The van der Waals surface area contributed by atoms with Crippen molar-refractivity contribution in [1.29, 1.82) is 0 Å². The van der Waals surface area contributed by atoms with Crippen LogP contribution in [0, 0.1) is 0 Å². The molecule has 1 saturated heterocycles. The first-order valence-electron chi connectivity index (χ1n) is 7.15. The summed E-state index contributed by atoms with van der Waals surface area (Å²) in [7, 11) is -1.96. The molecule has 1 aromatic carbocycles. The third-order valence-corrected chi connectivity index (χ3v) is 6.08. The summed E-state index contributed by atoms with van der Waals surface area (Å²) in [5.74, 6) is -0.510. The molecule has 0 atom stereocenters. The van der Waals surface area contributed by atoms with E-state index < -0.39 is 15.9 Å². The molecule has 6 nitrogen and oxygen atoms in total. The Morgan fingerprint density at radius 1 is 1.26 bits per heavy atom. The minimum atomic E-state index is -3.34. The lowest BCUT2D eigenvalue weighted by Crippen LogP contribution is -2.36. The molecule has 0 bridgehead atoms. The molecule has 0 aliphatic carbocycles. The molecule has 0 spiro atoms. The molecule has 128 valence electrons. The lowest BCUT2D eigenvalue weighted by Gasteiger charge is -2.16. The first-order chi connectivity index (χ1) is 10.9. The van der Waals surface area contributed by atoms with Gasteiger partial charge >= 0.3 is 0 Å². The molecule has 0 aromatic heterocycles. The van der Waals surface area contributed by atoms with Crippen LogP contribution in [0.1, 0.15) is 23.2 Å². The Kier molecular flexibility index (Phi) is 6.13. The van der Waals surface area contributed by atoms with Gasteiger partial charge in [0.25, 0.3) is 5.91 Å². The van der Waals surface area contributed by atoms with E-state index in [4.69, 9.17) is 27.9 Å². The number of benzene rings is 1. The number of hydrogen-bond acceptors (Lipinski definition) is 4. The number of amides is 1. The highest BCUT2D eigenvalue weighted by Crippen LogP contribution is 2.33. The van der Waals surface area contributed by atoms with Crippen LogP contribution in [0.3, 0.4) is 0 Å². The van der Waals surface area contributed by atoms with Gasteiger partial charge in [-0.25, -0.2) is 12.7 Å². The number of ether oxygens (including phenoxy) is 1. The molecule has 2 rings (SSSR count). The average molecular weight is 381 g/mol. The number of nitrogens with one attached hydrogen (secondary N) is 1. The minimum Gasteiger partial charge on any atom is -0.494 e. The highest BCUT2D eigenvalue weighted by molar-refractivity contribution is 7.89. The SMILES string of the molecule is COc1c(Cl)ccc(Cl)c1C(=O)NCCS(=O)(=O)N1CCCC1. The van der Waals surface area contributed by atoms with Gasteiger partial charge in [-0.05, 0) is 25.0 Å². The fourth-order valence-electron chi connectivity index (χ4n) is 2.42. The van der Waals surface area contributed by atoms with Gasteiger partial charge in [-0.2, -0.15) is 0 Å². The lowest BCUT2D eigenvalue weighted by molar-refractivity contribution is 0.0953. The largest absolute Gasteiger partial charge is 0.494 e. The van der Waals surface area contributed by atoms with E-state index in [1.807, 2.05) is 0 Å². The van der Waals surface area contributed by atoms with Crippen molar-refractivity contribution in [2.24, 2.45) is 0 Å². The van der Waals surface area contributed by atoms with E-state index in [1.54, 1.807) is 0 Å². The summed E-state index contributed by atoms with van der Waals surface area (Å²) in [5, 5.41) is 3.00. The number of methoxy groups -OCH3 is 1. The Labute approximate surface area is 145 Å². The topological polar surface area (TPSA) is 75.7 Å². The van der Waals surface area contributed by atoms with E-state index in [2.05, 4.69) is 5.32 Å². The molecular weight excluding hydrogens is 363 g/mol. The Bertz CT molecular complexity index is 688. The van der Waals surface area contributed by atoms with Crippen LogP contribution in [0.5, 0.6) is 5.75 Å². The second-order valence-corrected chi connectivity index (χ2v) is 8.02. The Balaban J connectivity index is 2.02. The molecule has 23 heavy (non-hydrogen) atoms. The van der Waals surface area contributed by atoms with Gasteiger partial charge < -0.3 is 10.1 Å². The van der Waals surface area contributed by atoms with Crippen molar-refractivity contribution in [3.05, 3.63) is 27.7 Å². The molecule has 1 aromatic rings. The van der Waals surface area contributed by atoms with Crippen LogP contribution in [-0.4, -0.2) is 51.1 Å². The van der Waals surface area contributed by atoms with Crippen molar-refractivity contribution in [1.82, 2.24) is 9.62 Å². The zero-order valence-electron chi connectivity index (χ0n) is 12.6. The second-order valence-electron chi connectivity index (χ2n) is 5.12. The fourth-order valence-corrected chi connectivity index (χ4v) is 4.32. The van der Waals surface area contributed by atoms with Crippen molar-refractivity contribution in [3.63, 3.8) is 0 Å². The summed E-state index contributed by atoms with van der Waals surface area (Å²) in [6.07, 6.45) is 1.75. The zero-order valence-corrected chi connectivity index (χ0v) is 15.0. The summed E-state index contributed by atoms with van der Waals surface area (Å²) in [6, 6.07) is 3.01. The van der Waals surface area contributed by atoms with Crippen molar-refractivity contribution in [2.75, 3.05) is 32.5 Å². The smallest absolute Gasteiger partial charge is 0.256 e. The van der Waals surface area contributed by atoms with Crippen LogP contribution in [-0.2, 0) is 10.0 Å². The minimum absolute atomic E-state index is 0.0103. The molecule has 1 heterocycles. The van der Waals surface area contributed by atoms with Gasteiger partial charge in [-0.1, -0.05) is 23.2 Å². The first kappa shape index (κ1) is 18.3. The van der Waals surface area contributed by atoms with Gasteiger partial charge in [0.1, 0.15) is 5.56 Å². The number of hydrogen-bond donors (Lipinski definition) is 1. The monoisotopic (exact) mass is 380 g/mol. The fraction of sp³-hybridized carbons (Fsp3) is 0.500. The molecule has 0 unspecified atom stereocenters. The quantitative estimate of drug-likeness (QED) is 0.820. The molecule has 0 saturated carbocycles. The number of halogens is 2. The van der Waals surface area contributed by atoms with Gasteiger partial charge in [0.15, 0.2) is 5.75 Å². The molecule has 1 aliphatic heterocycles. The summed E-state index contributed by atoms with van der Waals surface area (Å²) < 4.78 is 30.7. The van der Waals surface area contributed by atoms with E-state index in [1.165, 1.54) is 23.5 Å². The van der Waals surface area contributed by atoms with Crippen LogP contribution in [0.2, 0.25) is 10.0 Å². The predicted molar refractivity (Wildman–Crippen MR) is 89.9 cm³/mol. The third kappa shape index (κ3) is 4.29. The maximum Gasteiger partial charge on any atom is 0.256 e. The molecule has 9 heteroatoms. The van der Waals surface area contributed by atoms with Gasteiger partial charge in [0, 0.05) is 19.6 Å². The summed E-state index contributed by atoms with van der Waals surface area (Å²) in [5.41, 5.74) is 0.0974. The molecule has 1 aliphatic rings. The molecule has 0 radical (unpaired) electrons. The van der Waals surface area contributed by atoms with Crippen LogP contribution in [0.25, 0.3) is 0 Å². The van der Waals surface area contributed by atoms with Crippen molar-refractivity contribution < 1.29 is 17.9 Å². The Morgan fingerprint density at radius 2 is 1.87 bits per heavy atom. The van der Waals surface area contributed by atoms with Crippen molar-refractivity contribution >= 4 is 39.1 Å². The van der Waals surface area contributed by atoms with Crippen LogP contribution >= 0.6 is 23.2 Å². The van der Waals surface area contributed by atoms with Gasteiger partial charge in [0.05, 0.1) is 22.9 Å². The van der Waals surface area contributed by atoms with Gasteiger partial charge in [-0.15, -0.1) is 0 Å². The van der Waals surface area contributed by atoms with Crippen LogP contribution in [0.4, 0.5) is 0 Å². The van der Waals surface area contributed by atoms with E-state index in [0.29, 0.717) is 13.1 Å². The molecule has 1 N–H and O–H groups in total. The van der Waals surface area contributed by atoms with Crippen LogP contribution < -0.4 is 10.1 Å². The third-order valence-electron chi connectivity index (χ3n) is 3.59. The maximum atomic E-state index is 12.3. The van der Waals surface area contributed by atoms with Gasteiger partial charge in [-0.3, -0.25) is 4.79 Å². The van der Waals surface area contributed by atoms with Crippen molar-refractivity contribution in [2.45, 2.75) is 12.8 Å². The summed E-state index contributed by atoms with van der Waals surface area (Å²) in [4.78, 5) is 12.3. The number of carbonyl (C=O) groups is 1. The normalized spacial score (nSPS) is 15.6. The van der Waals surface area contributed by atoms with Crippen molar-refractivity contribution in [3.8, 4) is 5.75 Å². The van der Waals surface area contributed by atoms with E-state index in [0.717, 1.165) is 12.8 Å². The van der Waals surface area contributed by atoms with E-state index in [9.17, 15) is 13.2 Å². The predicted octanol–water partition coefficient (Wildman–Crippen LogP) is 2.16. The maximum absolute atomic E-state index is 12.3. The standard InChI is InChI=1S/C14H18Cl2N2O4S/c1-22-13-11(16)5-4-10(15)12(13)14(19)17-6-9-23(20,21)18-7-2-3-8-18/h4-5H,2-3,6-9H2,1H3,(H,17,19). The average Bonchev–Trinajstić information content (AvgIpc) is 3.04. The number of sulfonamides is 1. The second kappa shape index (κ2) is 7.70. The van der Waals surface area contributed by atoms with E-state index in [-0.39, 0.29) is 33.7 Å². The lowest BCUT2D eigenvalue weighted by atomic mass is 10.2. The number of nitrogens with zero attached hydrogens (tertiary/aromatic N) is 1. The summed E-state index contributed by atoms with van der Waals surface area (Å²) >= 11 is 12.0. The highest BCUT2D eigenvalue weighted by atomic mass is 35.5. The molecular formula is C14H18Cl2N2O4S. The summed E-state index contributed by atoms with van der Waals surface area (Å²) in [6.45, 7) is 1.08. The molecule has 1 amide bonds. The number of carbonyl (C=O) groups excluding carboxylic acids is 1. The number of rotatable bonds is 6. The molecule has 1 fully saturated rings. The zero-order chi connectivity index (χ0) is 17.0.